The molecule has 1 aromatic carbocycles. The number of hydrogen-bond donors (Lipinski definition) is 2. The van der Waals surface area contributed by atoms with Gasteiger partial charge < -0.3 is 15.2 Å². The Morgan fingerprint density at radius 2 is 2.00 bits per heavy atom. The monoisotopic (exact) mass is 369 g/mol. The number of rotatable bonds is 5. The van der Waals surface area contributed by atoms with Crippen molar-refractivity contribution in [2.45, 2.75) is 33.4 Å². The molecular formula is C16H17Cl2N3O3. The molecule has 2 N–H and O–H groups in total. The second kappa shape index (κ2) is 7.68. The van der Waals surface area contributed by atoms with Gasteiger partial charge in [-0.25, -0.2) is 0 Å². The lowest BCUT2D eigenvalue weighted by Gasteiger charge is -2.15. The maximum Gasteiger partial charge on any atom is 0.253 e. The van der Waals surface area contributed by atoms with Gasteiger partial charge in [0.25, 0.3) is 5.91 Å². The summed E-state index contributed by atoms with van der Waals surface area (Å²) in [5, 5.41) is 9.58. The van der Waals surface area contributed by atoms with Crippen LogP contribution >= 0.6 is 23.2 Å². The average molecular weight is 370 g/mol. The van der Waals surface area contributed by atoms with E-state index in [4.69, 9.17) is 27.7 Å². The van der Waals surface area contributed by atoms with E-state index >= 15 is 0 Å². The summed E-state index contributed by atoms with van der Waals surface area (Å²) in [5.74, 6) is -0.154. The smallest absolute Gasteiger partial charge is 0.253 e. The van der Waals surface area contributed by atoms with Crippen molar-refractivity contribution >= 4 is 35.0 Å². The number of carbonyl (C=O) groups is 2. The highest BCUT2D eigenvalue weighted by Crippen LogP contribution is 2.25. The first-order valence-corrected chi connectivity index (χ1v) is 8.01. The molecule has 1 aromatic heterocycles. The van der Waals surface area contributed by atoms with Gasteiger partial charge in [-0.2, -0.15) is 0 Å². The normalized spacial score (nSPS) is 11.9. The van der Waals surface area contributed by atoms with E-state index < -0.39 is 11.9 Å². The van der Waals surface area contributed by atoms with Gasteiger partial charge in [0.1, 0.15) is 11.8 Å². The lowest BCUT2D eigenvalue weighted by Crippen LogP contribution is -2.44. The highest BCUT2D eigenvalue weighted by Gasteiger charge is 2.20. The minimum absolute atomic E-state index is 0.153. The Kier molecular flexibility index (Phi) is 5.85. The van der Waals surface area contributed by atoms with Crippen LogP contribution in [-0.2, 0) is 11.3 Å². The molecule has 0 fully saturated rings. The molecule has 0 aliphatic rings. The minimum Gasteiger partial charge on any atom is -0.361 e. The van der Waals surface area contributed by atoms with Gasteiger partial charge >= 0.3 is 0 Å². The van der Waals surface area contributed by atoms with Gasteiger partial charge in [0.05, 0.1) is 21.3 Å². The van der Waals surface area contributed by atoms with Gasteiger partial charge in [-0.3, -0.25) is 9.59 Å². The molecule has 0 aliphatic carbocycles. The van der Waals surface area contributed by atoms with Crippen LogP contribution in [-0.4, -0.2) is 23.0 Å². The lowest BCUT2D eigenvalue weighted by atomic mass is 10.2. The maximum atomic E-state index is 12.2. The molecule has 1 heterocycles. The maximum absolute atomic E-state index is 12.2. The predicted molar refractivity (Wildman–Crippen MR) is 91.2 cm³/mol. The zero-order chi connectivity index (χ0) is 17.9. The Morgan fingerprint density at radius 3 is 2.62 bits per heavy atom. The number of halogens is 2. The van der Waals surface area contributed by atoms with Gasteiger partial charge in [-0.05, 0) is 32.9 Å². The molecule has 0 saturated carbocycles. The molecule has 0 aliphatic heterocycles. The van der Waals surface area contributed by atoms with Crippen LogP contribution in [0.3, 0.4) is 0 Å². The summed E-state index contributed by atoms with van der Waals surface area (Å²) in [5.41, 5.74) is 1.75. The summed E-state index contributed by atoms with van der Waals surface area (Å²) in [4.78, 5) is 24.4. The van der Waals surface area contributed by atoms with Gasteiger partial charge in [0.15, 0.2) is 0 Å². The topological polar surface area (TPSA) is 84.2 Å². The van der Waals surface area contributed by atoms with E-state index in [9.17, 15) is 9.59 Å². The highest BCUT2D eigenvalue weighted by atomic mass is 35.5. The largest absolute Gasteiger partial charge is 0.361 e. The molecule has 0 radical (unpaired) electrons. The Hall–Kier alpha value is -2.05. The summed E-state index contributed by atoms with van der Waals surface area (Å²) >= 11 is 11.9. The van der Waals surface area contributed by atoms with Crippen molar-refractivity contribution in [1.82, 2.24) is 15.8 Å². The van der Waals surface area contributed by atoms with Crippen LogP contribution < -0.4 is 10.6 Å². The van der Waals surface area contributed by atoms with Crippen molar-refractivity contribution in [2.24, 2.45) is 0 Å². The van der Waals surface area contributed by atoms with Gasteiger partial charge in [-0.15, -0.1) is 0 Å². The Morgan fingerprint density at radius 1 is 1.29 bits per heavy atom. The van der Waals surface area contributed by atoms with Crippen LogP contribution in [0.15, 0.2) is 22.7 Å². The SMILES string of the molecule is Cc1noc(C)c1CNC(=O)C(C)NC(=O)c1cccc(Cl)c1Cl. The van der Waals surface area contributed by atoms with Gasteiger partial charge in [-0.1, -0.05) is 34.4 Å². The van der Waals surface area contributed by atoms with E-state index in [0.717, 1.165) is 11.3 Å². The quantitative estimate of drug-likeness (QED) is 0.848. The van der Waals surface area contributed by atoms with Crippen LogP contribution in [0.4, 0.5) is 0 Å². The fraction of sp³-hybridized carbons (Fsp3) is 0.312. The van der Waals surface area contributed by atoms with Crippen LogP contribution in [0.25, 0.3) is 0 Å². The van der Waals surface area contributed by atoms with E-state index in [-0.39, 0.29) is 28.1 Å². The van der Waals surface area contributed by atoms with Gasteiger partial charge in [0, 0.05) is 12.1 Å². The summed E-state index contributed by atoms with van der Waals surface area (Å²) < 4.78 is 5.04. The van der Waals surface area contributed by atoms with E-state index in [1.807, 2.05) is 0 Å². The number of benzene rings is 1. The van der Waals surface area contributed by atoms with Crippen molar-refractivity contribution in [1.29, 1.82) is 0 Å². The lowest BCUT2D eigenvalue weighted by molar-refractivity contribution is -0.122. The zero-order valence-corrected chi connectivity index (χ0v) is 15.0. The van der Waals surface area contributed by atoms with Crippen molar-refractivity contribution in [2.75, 3.05) is 0 Å². The first-order valence-electron chi connectivity index (χ1n) is 7.25. The number of nitrogens with one attached hydrogen (secondary N) is 2. The molecule has 0 spiro atoms. The number of nitrogens with zero attached hydrogens (tertiary/aromatic N) is 1. The van der Waals surface area contributed by atoms with Crippen molar-refractivity contribution in [3.63, 3.8) is 0 Å². The molecule has 8 heteroatoms. The number of aromatic nitrogens is 1. The molecule has 24 heavy (non-hydrogen) atoms. The third-order valence-electron chi connectivity index (χ3n) is 3.56. The highest BCUT2D eigenvalue weighted by molar-refractivity contribution is 6.43. The molecule has 0 saturated heterocycles. The molecule has 6 nitrogen and oxygen atoms in total. The number of aryl methyl sites for hydroxylation is 2. The fourth-order valence-corrected chi connectivity index (χ4v) is 2.49. The number of amides is 2. The Balaban J connectivity index is 1.96. The summed E-state index contributed by atoms with van der Waals surface area (Å²) in [6.45, 7) is 5.43. The molecule has 2 aromatic rings. The molecule has 2 rings (SSSR count). The van der Waals surface area contributed by atoms with E-state index in [0.29, 0.717) is 5.76 Å². The minimum atomic E-state index is -0.743. The first kappa shape index (κ1) is 18.3. The molecule has 1 unspecified atom stereocenters. The van der Waals surface area contributed by atoms with E-state index in [1.165, 1.54) is 6.07 Å². The molecule has 128 valence electrons. The fourth-order valence-electron chi connectivity index (χ4n) is 2.10. The molecule has 1 atom stereocenters. The van der Waals surface area contributed by atoms with Crippen molar-refractivity contribution in [3.05, 3.63) is 50.8 Å². The standard InChI is InChI=1S/C16H17Cl2N3O3/c1-8-12(10(3)24-21-8)7-19-15(22)9(2)20-16(23)11-5-4-6-13(17)14(11)18/h4-6,9H,7H2,1-3H3,(H,19,22)(H,20,23). The second-order valence-electron chi connectivity index (χ2n) is 5.32. The third-order valence-corrected chi connectivity index (χ3v) is 4.38. The van der Waals surface area contributed by atoms with Crippen LogP contribution in [0.1, 0.15) is 34.3 Å². The summed E-state index contributed by atoms with van der Waals surface area (Å²) in [6, 6.07) is 4.00. The van der Waals surface area contributed by atoms with Gasteiger partial charge in [0.2, 0.25) is 5.91 Å². The van der Waals surface area contributed by atoms with Crippen LogP contribution in [0.2, 0.25) is 10.0 Å². The second-order valence-corrected chi connectivity index (χ2v) is 6.10. The third kappa shape index (κ3) is 4.07. The Labute approximate surface area is 149 Å². The van der Waals surface area contributed by atoms with E-state index in [1.54, 1.807) is 32.9 Å². The first-order chi connectivity index (χ1) is 11.3. The molecule has 2 amide bonds. The van der Waals surface area contributed by atoms with Crippen LogP contribution in [0.5, 0.6) is 0 Å². The molecular weight excluding hydrogens is 353 g/mol. The van der Waals surface area contributed by atoms with Crippen LogP contribution in [0, 0.1) is 13.8 Å². The zero-order valence-electron chi connectivity index (χ0n) is 13.4. The number of carbonyl (C=O) groups excluding carboxylic acids is 2. The van der Waals surface area contributed by atoms with Crippen molar-refractivity contribution < 1.29 is 14.1 Å². The molecule has 0 bridgehead atoms. The summed E-state index contributed by atoms with van der Waals surface area (Å²) in [6.07, 6.45) is 0. The average Bonchev–Trinajstić information content (AvgIpc) is 2.86. The van der Waals surface area contributed by atoms with E-state index in [2.05, 4.69) is 15.8 Å². The number of hydrogen-bond acceptors (Lipinski definition) is 4. The summed E-state index contributed by atoms with van der Waals surface area (Å²) in [7, 11) is 0. The van der Waals surface area contributed by atoms with Crippen molar-refractivity contribution in [3.8, 4) is 0 Å². The predicted octanol–water partition coefficient (Wildman–Crippen LogP) is 3.03. The Bertz CT molecular complexity index is 754.